The van der Waals surface area contributed by atoms with Gasteiger partial charge in [-0.2, -0.15) is 0 Å². The Bertz CT molecular complexity index is 834. The van der Waals surface area contributed by atoms with E-state index in [0.29, 0.717) is 5.56 Å². The van der Waals surface area contributed by atoms with Crippen LogP contribution in [0.2, 0.25) is 0 Å². The molecule has 4 amide bonds. The van der Waals surface area contributed by atoms with Gasteiger partial charge in [-0.15, -0.1) is 0 Å². The molecule has 2 aromatic carbocycles. The molecule has 2 aromatic rings. The van der Waals surface area contributed by atoms with Gasteiger partial charge in [0.1, 0.15) is 6.54 Å². The molecule has 8 nitrogen and oxygen atoms in total. The molecular formula is C19H19N3O5. The zero-order chi connectivity index (χ0) is 19.8. The molecule has 0 bridgehead atoms. The highest BCUT2D eigenvalue weighted by Crippen LogP contribution is 2.19. The topological polar surface area (TPSA) is 128 Å². The van der Waals surface area contributed by atoms with Gasteiger partial charge in [0.05, 0.1) is 0 Å². The van der Waals surface area contributed by atoms with Gasteiger partial charge in [0, 0.05) is 5.56 Å². The van der Waals surface area contributed by atoms with Gasteiger partial charge in [-0.3, -0.25) is 19.7 Å². The number of imide groups is 1. The summed E-state index contributed by atoms with van der Waals surface area (Å²) in [6, 6.07) is 15.5. The molecule has 8 heteroatoms. The van der Waals surface area contributed by atoms with Gasteiger partial charge in [0.25, 0.3) is 11.8 Å². The average Bonchev–Trinajstić information content (AvgIpc) is 2.66. The van der Waals surface area contributed by atoms with Crippen LogP contribution < -0.4 is 16.4 Å². The maximum atomic E-state index is 12.1. The van der Waals surface area contributed by atoms with Crippen LogP contribution in [0, 0.1) is 0 Å². The number of carbonyl (C=O) groups is 4. The average molecular weight is 369 g/mol. The zero-order valence-electron chi connectivity index (χ0n) is 14.6. The third-order valence-corrected chi connectivity index (χ3v) is 3.57. The van der Waals surface area contributed by atoms with E-state index in [-0.39, 0.29) is 0 Å². The molecule has 0 heterocycles. The van der Waals surface area contributed by atoms with E-state index in [0.717, 1.165) is 11.1 Å². The van der Waals surface area contributed by atoms with E-state index in [9.17, 15) is 19.2 Å². The fraction of sp³-hybridized carbons (Fsp3) is 0.158. The summed E-state index contributed by atoms with van der Waals surface area (Å²) in [6.45, 7) is 0.855. The van der Waals surface area contributed by atoms with Crippen LogP contribution >= 0.6 is 0 Å². The highest BCUT2D eigenvalue weighted by atomic mass is 16.5. The van der Waals surface area contributed by atoms with Crippen LogP contribution in [0.4, 0.5) is 4.79 Å². The minimum Gasteiger partial charge on any atom is -0.451 e. The Morgan fingerprint density at radius 2 is 1.56 bits per heavy atom. The van der Waals surface area contributed by atoms with Crippen LogP contribution in [-0.4, -0.2) is 36.5 Å². The lowest BCUT2D eigenvalue weighted by molar-refractivity contribution is -0.153. The maximum absolute atomic E-state index is 12.1. The number of hydrogen-bond acceptors (Lipinski definition) is 5. The van der Waals surface area contributed by atoms with Crippen molar-refractivity contribution in [3.05, 3.63) is 60.2 Å². The lowest BCUT2D eigenvalue weighted by Gasteiger charge is -2.12. The summed E-state index contributed by atoms with van der Waals surface area (Å²) >= 11 is 0. The molecule has 0 saturated carbocycles. The molecule has 140 valence electrons. The van der Waals surface area contributed by atoms with E-state index >= 15 is 0 Å². The Kier molecular flexibility index (Phi) is 6.65. The predicted octanol–water partition coefficient (Wildman–Crippen LogP) is 1.21. The van der Waals surface area contributed by atoms with Gasteiger partial charge in [0.2, 0.25) is 0 Å². The highest BCUT2D eigenvalue weighted by Gasteiger charge is 2.19. The molecule has 0 aromatic heterocycles. The zero-order valence-corrected chi connectivity index (χ0v) is 14.6. The van der Waals surface area contributed by atoms with Gasteiger partial charge in [-0.05, 0) is 30.2 Å². The summed E-state index contributed by atoms with van der Waals surface area (Å²) in [6.07, 6.45) is -1.22. The third kappa shape index (κ3) is 5.96. The summed E-state index contributed by atoms with van der Waals surface area (Å²) in [5, 5.41) is 4.20. The Labute approximate surface area is 155 Å². The standard InChI is InChI=1S/C19H19N3O5/c1-12(17(24)22-19(20)26)27-16(23)11-21-18(25)15-9-7-14(8-10-15)13-5-3-2-4-6-13/h2-10,12H,11H2,1H3,(H,21,25)(H3,20,22,24,26)/t12-/m0/s1. The van der Waals surface area contributed by atoms with Crippen molar-refractivity contribution in [2.24, 2.45) is 5.73 Å². The Balaban J connectivity index is 1.85. The number of urea groups is 1. The van der Waals surface area contributed by atoms with E-state index < -0.39 is 36.5 Å². The van der Waals surface area contributed by atoms with Crippen LogP contribution in [0.1, 0.15) is 17.3 Å². The quantitative estimate of drug-likeness (QED) is 0.660. The molecule has 2 rings (SSSR count). The monoisotopic (exact) mass is 369 g/mol. The van der Waals surface area contributed by atoms with E-state index in [1.807, 2.05) is 30.3 Å². The molecule has 4 N–H and O–H groups in total. The molecule has 27 heavy (non-hydrogen) atoms. The van der Waals surface area contributed by atoms with Crippen LogP contribution in [0.5, 0.6) is 0 Å². The first-order valence-corrected chi connectivity index (χ1v) is 8.10. The second kappa shape index (κ2) is 9.14. The van der Waals surface area contributed by atoms with Crippen LogP contribution in [0.15, 0.2) is 54.6 Å². The van der Waals surface area contributed by atoms with Gasteiger partial charge in [-0.1, -0.05) is 42.5 Å². The van der Waals surface area contributed by atoms with Crippen molar-refractivity contribution in [3.8, 4) is 11.1 Å². The van der Waals surface area contributed by atoms with Crippen molar-refractivity contribution in [2.75, 3.05) is 6.54 Å². The second-order valence-corrected chi connectivity index (χ2v) is 5.61. The smallest absolute Gasteiger partial charge is 0.326 e. The summed E-state index contributed by atoms with van der Waals surface area (Å²) in [7, 11) is 0. The molecule has 0 radical (unpaired) electrons. The van der Waals surface area contributed by atoms with Crippen LogP contribution in [0.3, 0.4) is 0 Å². The van der Waals surface area contributed by atoms with Gasteiger partial charge in [0.15, 0.2) is 6.10 Å². The number of benzene rings is 2. The molecule has 0 aliphatic rings. The predicted molar refractivity (Wildman–Crippen MR) is 97.5 cm³/mol. The molecular weight excluding hydrogens is 350 g/mol. The Hall–Kier alpha value is -3.68. The Morgan fingerprint density at radius 3 is 2.15 bits per heavy atom. The molecule has 0 unspecified atom stereocenters. The first-order chi connectivity index (χ1) is 12.9. The minimum atomic E-state index is -1.22. The minimum absolute atomic E-state index is 0.377. The highest BCUT2D eigenvalue weighted by molar-refractivity contribution is 5.98. The number of carbonyl (C=O) groups excluding carboxylic acids is 4. The molecule has 0 aliphatic carbocycles. The summed E-state index contributed by atoms with van der Waals surface area (Å²) in [5.74, 6) is -2.13. The number of nitrogens with one attached hydrogen (secondary N) is 2. The van der Waals surface area contributed by atoms with E-state index in [1.54, 1.807) is 29.6 Å². The largest absolute Gasteiger partial charge is 0.451 e. The summed E-state index contributed by atoms with van der Waals surface area (Å²) < 4.78 is 4.80. The third-order valence-electron chi connectivity index (χ3n) is 3.57. The van der Waals surface area contributed by atoms with Crippen molar-refractivity contribution in [1.82, 2.24) is 10.6 Å². The lowest BCUT2D eigenvalue weighted by Crippen LogP contribution is -2.43. The summed E-state index contributed by atoms with van der Waals surface area (Å²) in [5.41, 5.74) is 7.16. The number of rotatable bonds is 6. The molecule has 0 saturated heterocycles. The summed E-state index contributed by atoms with van der Waals surface area (Å²) in [4.78, 5) is 45.8. The SMILES string of the molecule is C[C@H](OC(=O)CNC(=O)c1ccc(-c2ccccc2)cc1)C(=O)NC(N)=O. The number of hydrogen-bond donors (Lipinski definition) is 3. The lowest BCUT2D eigenvalue weighted by atomic mass is 10.0. The fourth-order valence-corrected chi connectivity index (χ4v) is 2.21. The van der Waals surface area contributed by atoms with Crippen LogP contribution in [-0.2, 0) is 14.3 Å². The normalized spacial score (nSPS) is 11.1. The van der Waals surface area contributed by atoms with Crippen molar-refractivity contribution in [2.45, 2.75) is 13.0 Å². The number of nitrogens with two attached hydrogens (primary N) is 1. The van der Waals surface area contributed by atoms with Gasteiger partial charge in [-0.25, -0.2) is 4.79 Å². The van der Waals surface area contributed by atoms with Gasteiger partial charge >= 0.3 is 12.0 Å². The van der Waals surface area contributed by atoms with E-state index in [2.05, 4.69) is 5.32 Å². The number of primary amides is 1. The number of esters is 1. The molecule has 0 aliphatic heterocycles. The number of ether oxygens (including phenoxy) is 1. The van der Waals surface area contributed by atoms with Crippen LogP contribution in [0.25, 0.3) is 11.1 Å². The van der Waals surface area contributed by atoms with Crippen molar-refractivity contribution in [3.63, 3.8) is 0 Å². The van der Waals surface area contributed by atoms with E-state index in [4.69, 9.17) is 10.5 Å². The van der Waals surface area contributed by atoms with Crippen molar-refractivity contribution in [1.29, 1.82) is 0 Å². The molecule has 0 spiro atoms. The fourth-order valence-electron chi connectivity index (χ4n) is 2.21. The maximum Gasteiger partial charge on any atom is 0.326 e. The second-order valence-electron chi connectivity index (χ2n) is 5.61. The molecule has 1 atom stereocenters. The van der Waals surface area contributed by atoms with E-state index in [1.165, 1.54) is 6.92 Å². The van der Waals surface area contributed by atoms with Crippen molar-refractivity contribution < 1.29 is 23.9 Å². The number of amides is 4. The molecule has 0 fully saturated rings. The van der Waals surface area contributed by atoms with Gasteiger partial charge < -0.3 is 15.8 Å². The Morgan fingerprint density at radius 1 is 0.963 bits per heavy atom. The van der Waals surface area contributed by atoms with Crippen molar-refractivity contribution >= 4 is 23.8 Å². The first-order valence-electron chi connectivity index (χ1n) is 8.10. The first kappa shape index (κ1) is 19.6.